The summed E-state index contributed by atoms with van der Waals surface area (Å²) in [5.74, 6) is 1.35. The molecule has 2 aromatic carbocycles. The normalized spacial score (nSPS) is 14.8. The molecular weight excluding hydrogens is 453 g/mol. The van der Waals surface area contributed by atoms with Crippen LogP contribution in [-0.4, -0.2) is 74.3 Å². The molecule has 35 heavy (non-hydrogen) atoms. The monoisotopic (exact) mass is 481 g/mol. The first-order chi connectivity index (χ1) is 17.1. The van der Waals surface area contributed by atoms with Crippen molar-refractivity contribution >= 4 is 17.5 Å². The molecule has 0 spiro atoms. The van der Waals surface area contributed by atoms with Crippen molar-refractivity contribution in [3.05, 3.63) is 53.3 Å². The van der Waals surface area contributed by atoms with Crippen LogP contribution >= 0.6 is 0 Å². The molecule has 9 nitrogen and oxygen atoms in total. The predicted molar refractivity (Wildman–Crippen MR) is 129 cm³/mol. The average molecular weight is 482 g/mol. The topological polar surface area (TPSA) is 89.9 Å². The van der Waals surface area contributed by atoms with Gasteiger partial charge in [0.05, 0.1) is 33.1 Å². The summed E-state index contributed by atoms with van der Waals surface area (Å²) in [6, 6.07) is 9.57. The van der Waals surface area contributed by atoms with Gasteiger partial charge in [0.1, 0.15) is 11.6 Å². The van der Waals surface area contributed by atoms with Crippen LogP contribution in [0, 0.1) is 5.82 Å². The van der Waals surface area contributed by atoms with Gasteiger partial charge in [-0.1, -0.05) is 6.07 Å². The fourth-order valence-electron chi connectivity index (χ4n) is 4.51. The molecule has 2 aliphatic rings. The Balaban J connectivity index is 1.45. The summed E-state index contributed by atoms with van der Waals surface area (Å²) in [6.45, 7) is 4.30. The van der Waals surface area contributed by atoms with Crippen LogP contribution < -0.4 is 20.1 Å². The number of hydrogen-bond acceptors (Lipinski definition) is 7. The number of fused-ring (bicyclic) bond motifs is 3. The van der Waals surface area contributed by atoms with Gasteiger partial charge in [0.25, 0.3) is 0 Å². The zero-order valence-corrected chi connectivity index (χ0v) is 19.8. The lowest BCUT2D eigenvalue weighted by Gasteiger charge is -2.26. The van der Waals surface area contributed by atoms with Crippen molar-refractivity contribution < 1.29 is 23.4 Å². The van der Waals surface area contributed by atoms with E-state index in [0.29, 0.717) is 54.9 Å². The van der Waals surface area contributed by atoms with E-state index in [1.807, 2.05) is 12.1 Å². The average Bonchev–Trinajstić information content (AvgIpc) is 3.40. The maximum atomic E-state index is 13.9. The van der Waals surface area contributed by atoms with Crippen molar-refractivity contribution in [1.82, 2.24) is 20.0 Å². The highest BCUT2D eigenvalue weighted by atomic mass is 19.1. The molecule has 10 heteroatoms. The van der Waals surface area contributed by atoms with Crippen LogP contribution in [0.5, 0.6) is 11.5 Å². The van der Waals surface area contributed by atoms with Crippen LogP contribution in [0.4, 0.5) is 20.7 Å². The molecule has 2 N–H and O–H groups in total. The minimum Gasteiger partial charge on any atom is -0.493 e. The molecular formula is C25H28FN5O4. The van der Waals surface area contributed by atoms with Crippen LogP contribution in [0.2, 0.25) is 0 Å². The van der Waals surface area contributed by atoms with E-state index in [0.717, 1.165) is 36.3 Å². The van der Waals surface area contributed by atoms with Crippen LogP contribution in [0.15, 0.2) is 36.4 Å². The summed E-state index contributed by atoms with van der Waals surface area (Å²) >= 11 is 0. The number of rotatable bonds is 7. The van der Waals surface area contributed by atoms with Crippen molar-refractivity contribution in [3.8, 4) is 22.8 Å². The number of ether oxygens (including phenoxy) is 3. The van der Waals surface area contributed by atoms with E-state index in [1.54, 1.807) is 26.4 Å². The van der Waals surface area contributed by atoms with Gasteiger partial charge in [0, 0.05) is 49.4 Å². The van der Waals surface area contributed by atoms with Crippen molar-refractivity contribution in [2.75, 3.05) is 58.9 Å². The fourth-order valence-corrected chi connectivity index (χ4v) is 4.51. The molecule has 1 fully saturated rings. The Hall–Kier alpha value is -3.63. The number of halogens is 1. The van der Waals surface area contributed by atoms with Crippen molar-refractivity contribution in [2.45, 2.75) is 6.42 Å². The van der Waals surface area contributed by atoms with E-state index in [1.165, 1.54) is 16.8 Å². The van der Waals surface area contributed by atoms with Crippen molar-refractivity contribution in [2.24, 2.45) is 0 Å². The number of morpholine rings is 1. The number of nitrogens with zero attached hydrogens (tertiary/aromatic N) is 3. The first-order valence-electron chi connectivity index (χ1n) is 11.6. The zero-order chi connectivity index (χ0) is 24.4. The van der Waals surface area contributed by atoms with E-state index in [9.17, 15) is 9.18 Å². The van der Waals surface area contributed by atoms with E-state index < -0.39 is 0 Å². The smallest absolute Gasteiger partial charge is 0.344 e. The zero-order valence-electron chi connectivity index (χ0n) is 19.8. The Morgan fingerprint density at radius 2 is 1.91 bits per heavy atom. The number of anilines is 2. The van der Waals surface area contributed by atoms with Gasteiger partial charge < -0.3 is 24.8 Å². The van der Waals surface area contributed by atoms with E-state index in [-0.39, 0.29) is 11.8 Å². The Morgan fingerprint density at radius 1 is 1.14 bits per heavy atom. The molecule has 5 rings (SSSR count). The standard InChI is InChI=1S/C25H28FN5O4/c1-33-21-13-16-12-20-23(19(16)15-22(21)34-2)29-31(24(20)28-18-5-3-4-17(26)14-18)25(32)27-6-7-30-8-10-35-11-9-30/h3-5,13-15,28H,6-12H2,1-2H3,(H,27,32). The number of carbonyl (C=O) groups excluding carboxylic acids is 1. The molecule has 1 saturated heterocycles. The summed E-state index contributed by atoms with van der Waals surface area (Å²) in [7, 11) is 3.17. The molecule has 0 bridgehead atoms. The summed E-state index contributed by atoms with van der Waals surface area (Å²) in [4.78, 5) is 15.4. The van der Waals surface area contributed by atoms with Crippen LogP contribution in [-0.2, 0) is 11.2 Å². The highest BCUT2D eigenvalue weighted by molar-refractivity contribution is 5.88. The van der Waals surface area contributed by atoms with Gasteiger partial charge in [0.15, 0.2) is 11.5 Å². The lowest BCUT2D eigenvalue weighted by atomic mass is 10.1. The molecule has 0 saturated carbocycles. The van der Waals surface area contributed by atoms with E-state index in [2.05, 4.69) is 20.6 Å². The lowest BCUT2D eigenvalue weighted by Crippen LogP contribution is -2.42. The quantitative estimate of drug-likeness (QED) is 0.419. The van der Waals surface area contributed by atoms with Gasteiger partial charge in [-0.25, -0.2) is 9.18 Å². The minimum absolute atomic E-state index is 0.353. The molecule has 1 aromatic heterocycles. The number of carbonyl (C=O) groups is 1. The first kappa shape index (κ1) is 23.1. The number of hydrogen-bond donors (Lipinski definition) is 2. The molecule has 0 unspecified atom stereocenters. The Morgan fingerprint density at radius 3 is 2.66 bits per heavy atom. The van der Waals surface area contributed by atoms with Gasteiger partial charge >= 0.3 is 6.03 Å². The molecule has 3 aromatic rings. The SMILES string of the molecule is COc1cc2c(cc1OC)-c1nn(C(=O)NCCN3CCOCC3)c(Nc3cccc(F)c3)c1C2. The second-order valence-corrected chi connectivity index (χ2v) is 8.45. The molecule has 1 amide bonds. The first-order valence-corrected chi connectivity index (χ1v) is 11.6. The lowest BCUT2D eigenvalue weighted by molar-refractivity contribution is 0.0387. The maximum Gasteiger partial charge on any atom is 0.344 e. The number of amides is 1. The molecule has 2 heterocycles. The third-order valence-corrected chi connectivity index (χ3v) is 6.30. The van der Waals surface area contributed by atoms with E-state index in [4.69, 9.17) is 14.2 Å². The Labute approximate surface area is 202 Å². The third-order valence-electron chi connectivity index (χ3n) is 6.30. The van der Waals surface area contributed by atoms with Gasteiger partial charge in [-0.15, -0.1) is 0 Å². The largest absolute Gasteiger partial charge is 0.493 e. The van der Waals surface area contributed by atoms with Crippen LogP contribution in [0.1, 0.15) is 11.1 Å². The molecule has 1 aliphatic carbocycles. The second kappa shape index (κ2) is 9.93. The fraction of sp³-hybridized carbons (Fsp3) is 0.360. The summed E-state index contributed by atoms with van der Waals surface area (Å²) in [5, 5.41) is 10.8. The van der Waals surface area contributed by atoms with Gasteiger partial charge in [-0.05, 0) is 35.9 Å². The Kier molecular flexibility index (Phi) is 6.56. The van der Waals surface area contributed by atoms with Crippen LogP contribution in [0.3, 0.4) is 0 Å². The highest BCUT2D eigenvalue weighted by Crippen LogP contribution is 2.45. The Bertz CT molecular complexity index is 1240. The highest BCUT2D eigenvalue weighted by Gasteiger charge is 2.31. The molecule has 1 aliphatic heterocycles. The number of methoxy groups -OCH3 is 2. The predicted octanol–water partition coefficient (Wildman–Crippen LogP) is 3.24. The van der Waals surface area contributed by atoms with Crippen molar-refractivity contribution in [1.29, 1.82) is 0 Å². The number of benzene rings is 2. The minimum atomic E-state index is -0.370. The van der Waals surface area contributed by atoms with Gasteiger partial charge in [-0.2, -0.15) is 9.78 Å². The summed E-state index contributed by atoms with van der Waals surface area (Å²) in [6.07, 6.45) is 0.545. The molecule has 0 radical (unpaired) electrons. The number of aromatic nitrogens is 2. The van der Waals surface area contributed by atoms with Gasteiger partial charge in [0.2, 0.25) is 0 Å². The maximum absolute atomic E-state index is 13.9. The second-order valence-electron chi connectivity index (χ2n) is 8.45. The third kappa shape index (κ3) is 4.67. The van der Waals surface area contributed by atoms with E-state index >= 15 is 0 Å². The number of nitrogens with one attached hydrogen (secondary N) is 2. The summed E-state index contributed by atoms with van der Waals surface area (Å²) < 4.78 is 31.5. The summed E-state index contributed by atoms with van der Waals surface area (Å²) in [5.41, 5.74) is 3.95. The van der Waals surface area contributed by atoms with Crippen molar-refractivity contribution in [3.63, 3.8) is 0 Å². The van der Waals surface area contributed by atoms with Gasteiger partial charge in [-0.3, -0.25) is 4.90 Å². The molecule has 184 valence electrons. The van der Waals surface area contributed by atoms with Crippen LogP contribution in [0.25, 0.3) is 11.3 Å². The molecule has 0 atom stereocenters.